The SMILES string of the molecule is NC(=O)C(NCc1ccc(C(=O)O)cc1)c1ccccc1. The van der Waals surface area contributed by atoms with Crippen molar-refractivity contribution in [1.29, 1.82) is 0 Å². The maximum Gasteiger partial charge on any atom is 0.335 e. The molecule has 0 radical (unpaired) electrons. The summed E-state index contributed by atoms with van der Waals surface area (Å²) in [6.07, 6.45) is 0. The van der Waals surface area contributed by atoms with Crippen LogP contribution in [0, 0.1) is 0 Å². The Morgan fingerprint density at radius 1 is 1.05 bits per heavy atom. The van der Waals surface area contributed by atoms with Crippen molar-refractivity contribution < 1.29 is 14.7 Å². The lowest BCUT2D eigenvalue weighted by Crippen LogP contribution is -2.33. The number of hydrogen-bond donors (Lipinski definition) is 3. The number of carbonyl (C=O) groups excluding carboxylic acids is 1. The Bertz CT molecular complexity index is 624. The van der Waals surface area contributed by atoms with Gasteiger partial charge >= 0.3 is 5.97 Å². The molecule has 5 heteroatoms. The fraction of sp³-hybridized carbons (Fsp3) is 0.125. The summed E-state index contributed by atoms with van der Waals surface area (Å²) in [5, 5.41) is 11.9. The summed E-state index contributed by atoms with van der Waals surface area (Å²) in [6.45, 7) is 0.419. The summed E-state index contributed by atoms with van der Waals surface area (Å²) >= 11 is 0. The normalized spacial score (nSPS) is 11.8. The lowest BCUT2D eigenvalue weighted by Gasteiger charge is -2.16. The highest BCUT2D eigenvalue weighted by Crippen LogP contribution is 2.13. The van der Waals surface area contributed by atoms with Gasteiger partial charge in [-0.3, -0.25) is 10.1 Å². The minimum Gasteiger partial charge on any atom is -0.478 e. The standard InChI is InChI=1S/C16H16N2O3/c17-15(19)14(12-4-2-1-3-5-12)18-10-11-6-8-13(9-7-11)16(20)21/h1-9,14,18H,10H2,(H2,17,19)(H,20,21). The summed E-state index contributed by atoms with van der Waals surface area (Å²) in [6, 6.07) is 15.1. The third-order valence-electron chi connectivity index (χ3n) is 3.13. The van der Waals surface area contributed by atoms with Crippen molar-refractivity contribution in [1.82, 2.24) is 5.32 Å². The molecular weight excluding hydrogens is 268 g/mol. The molecule has 0 saturated carbocycles. The zero-order chi connectivity index (χ0) is 15.2. The fourth-order valence-corrected chi connectivity index (χ4v) is 2.01. The molecule has 2 aromatic carbocycles. The third kappa shape index (κ3) is 3.90. The minimum atomic E-state index is -0.964. The van der Waals surface area contributed by atoms with Crippen molar-refractivity contribution in [2.24, 2.45) is 5.73 Å². The van der Waals surface area contributed by atoms with E-state index in [1.54, 1.807) is 12.1 Å². The van der Waals surface area contributed by atoms with Gasteiger partial charge in [-0.1, -0.05) is 42.5 Å². The van der Waals surface area contributed by atoms with Gasteiger partial charge in [-0.25, -0.2) is 4.79 Å². The van der Waals surface area contributed by atoms with E-state index in [1.165, 1.54) is 12.1 Å². The fourth-order valence-electron chi connectivity index (χ4n) is 2.01. The average Bonchev–Trinajstić information content (AvgIpc) is 2.48. The van der Waals surface area contributed by atoms with E-state index in [2.05, 4.69) is 5.32 Å². The summed E-state index contributed by atoms with van der Waals surface area (Å²) in [4.78, 5) is 22.3. The van der Waals surface area contributed by atoms with Gasteiger partial charge in [0, 0.05) is 6.54 Å². The van der Waals surface area contributed by atoms with Crippen LogP contribution in [0.3, 0.4) is 0 Å². The Kier molecular flexibility index (Phi) is 4.68. The Hall–Kier alpha value is -2.66. The molecule has 21 heavy (non-hydrogen) atoms. The lowest BCUT2D eigenvalue weighted by molar-refractivity contribution is -0.120. The van der Waals surface area contributed by atoms with E-state index >= 15 is 0 Å². The second kappa shape index (κ2) is 6.67. The first-order chi connectivity index (χ1) is 10.1. The van der Waals surface area contributed by atoms with Crippen LogP contribution < -0.4 is 11.1 Å². The molecule has 0 fully saturated rings. The molecule has 2 rings (SSSR count). The van der Waals surface area contributed by atoms with Gasteiger partial charge in [0.05, 0.1) is 5.56 Å². The molecule has 0 bridgehead atoms. The number of hydrogen-bond acceptors (Lipinski definition) is 3. The third-order valence-corrected chi connectivity index (χ3v) is 3.13. The van der Waals surface area contributed by atoms with Gasteiger partial charge < -0.3 is 10.8 Å². The summed E-state index contributed by atoms with van der Waals surface area (Å²) < 4.78 is 0. The second-order valence-corrected chi connectivity index (χ2v) is 4.63. The van der Waals surface area contributed by atoms with E-state index in [4.69, 9.17) is 10.8 Å². The number of carboxylic acids is 1. The van der Waals surface area contributed by atoms with Crippen LogP contribution in [-0.2, 0) is 11.3 Å². The van der Waals surface area contributed by atoms with Crippen molar-refractivity contribution >= 4 is 11.9 Å². The van der Waals surface area contributed by atoms with Crippen LogP contribution in [0.4, 0.5) is 0 Å². The van der Waals surface area contributed by atoms with Crippen LogP contribution in [0.15, 0.2) is 54.6 Å². The van der Waals surface area contributed by atoms with Gasteiger partial charge in [-0.05, 0) is 23.3 Å². The van der Waals surface area contributed by atoms with Gasteiger partial charge in [-0.2, -0.15) is 0 Å². The highest BCUT2D eigenvalue weighted by molar-refractivity contribution is 5.87. The lowest BCUT2D eigenvalue weighted by atomic mass is 10.1. The zero-order valence-corrected chi connectivity index (χ0v) is 11.3. The predicted molar refractivity (Wildman–Crippen MR) is 78.6 cm³/mol. The molecule has 1 amide bonds. The van der Waals surface area contributed by atoms with Crippen molar-refractivity contribution in [3.63, 3.8) is 0 Å². The molecule has 0 heterocycles. The number of amides is 1. The van der Waals surface area contributed by atoms with Gasteiger partial charge in [0.15, 0.2) is 0 Å². The molecule has 5 nitrogen and oxygen atoms in total. The highest BCUT2D eigenvalue weighted by Gasteiger charge is 2.16. The van der Waals surface area contributed by atoms with Crippen LogP contribution >= 0.6 is 0 Å². The number of rotatable bonds is 6. The number of aromatic carboxylic acids is 1. The molecule has 0 aromatic heterocycles. The first kappa shape index (κ1) is 14.7. The van der Waals surface area contributed by atoms with E-state index in [9.17, 15) is 9.59 Å². The van der Waals surface area contributed by atoms with Crippen molar-refractivity contribution in [3.05, 3.63) is 71.3 Å². The van der Waals surface area contributed by atoms with Crippen LogP contribution in [0.2, 0.25) is 0 Å². The monoisotopic (exact) mass is 284 g/mol. The molecule has 4 N–H and O–H groups in total. The first-order valence-corrected chi connectivity index (χ1v) is 6.48. The maximum absolute atomic E-state index is 11.5. The van der Waals surface area contributed by atoms with Crippen LogP contribution in [0.5, 0.6) is 0 Å². The van der Waals surface area contributed by atoms with E-state index in [-0.39, 0.29) is 5.56 Å². The Morgan fingerprint density at radius 2 is 1.67 bits per heavy atom. The molecule has 0 aliphatic rings. The van der Waals surface area contributed by atoms with Crippen molar-refractivity contribution in [3.8, 4) is 0 Å². The van der Waals surface area contributed by atoms with E-state index in [0.29, 0.717) is 6.54 Å². The van der Waals surface area contributed by atoms with Gasteiger partial charge in [0.1, 0.15) is 6.04 Å². The molecule has 0 saturated heterocycles. The minimum absolute atomic E-state index is 0.230. The number of carboxylic acid groups (broad SMARTS) is 1. The molecule has 1 unspecified atom stereocenters. The number of primary amides is 1. The van der Waals surface area contributed by atoms with Gasteiger partial charge in [-0.15, -0.1) is 0 Å². The number of nitrogens with two attached hydrogens (primary N) is 1. The Morgan fingerprint density at radius 3 is 2.19 bits per heavy atom. The van der Waals surface area contributed by atoms with Crippen LogP contribution in [0.1, 0.15) is 27.5 Å². The smallest absolute Gasteiger partial charge is 0.335 e. The Labute approximate surface area is 122 Å². The predicted octanol–water partition coefficient (Wildman–Crippen LogP) is 1.70. The maximum atomic E-state index is 11.5. The second-order valence-electron chi connectivity index (χ2n) is 4.63. The Balaban J connectivity index is 2.05. The summed E-state index contributed by atoms with van der Waals surface area (Å²) in [5.41, 5.74) is 7.32. The van der Waals surface area contributed by atoms with Crippen molar-refractivity contribution in [2.45, 2.75) is 12.6 Å². The number of nitrogens with one attached hydrogen (secondary N) is 1. The number of benzene rings is 2. The zero-order valence-electron chi connectivity index (χ0n) is 11.3. The van der Waals surface area contributed by atoms with E-state index in [1.807, 2.05) is 30.3 Å². The quantitative estimate of drug-likeness (QED) is 0.752. The van der Waals surface area contributed by atoms with Crippen LogP contribution in [-0.4, -0.2) is 17.0 Å². The topological polar surface area (TPSA) is 92.4 Å². The van der Waals surface area contributed by atoms with Gasteiger partial charge in [0.2, 0.25) is 5.91 Å². The highest BCUT2D eigenvalue weighted by atomic mass is 16.4. The average molecular weight is 284 g/mol. The molecule has 108 valence electrons. The molecule has 0 spiro atoms. The largest absolute Gasteiger partial charge is 0.478 e. The van der Waals surface area contributed by atoms with Crippen molar-refractivity contribution in [2.75, 3.05) is 0 Å². The van der Waals surface area contributed by atoms with E-state index < -0.39 is 17.9 Å². The molecule has 0 aliphatic heterocycles. The van der Waals surface area contributed by atoms with E-state index in [0.717, 1.165) is 11.1 Å². The number of carbonyl (C=O) groups is 2. The van der Waals surface area contributed by atoms with Crippen LogP contribution in [0.25, 0.3) is 0 Å². The molecule has 1 atom stereocenters. The molecular formula is C16H16N2O3. The molecule has 2 aromatic rings. The summed E-state index contributed by atoms with van der Waals surface area (Å²) in [5.74, 6) is -1.42. The first-order valence-electron chi connectivity index (χ1n) is 6.48. The molecule has 0 aliphatic carbocycles. The van der Waals surface area contributed by atoms with Gasteiger partial charge in [0.25, 0.3) is 0 Å². The summed E-state index contributed by atoms with van der Waals surface area (Å²) in [7, 11) is 0.